The van der Waals surface area contributed by atoms with Gasteiger partial charge < -0.3 is 0 Å². The van der Waals surface area contributed by atoms with Crippen LogP contribution in [0.15, 0.2) is 29.4 Å². The van der Waals surface area contributed by atoms with Gasteiger partial charge >= 0.3 is 6.18 Å². The third-order valence-corrected chi connectivity index (χ3v) is 2.14. The van der Waals surface area contributed by atoms with E-state index in [1.54, 1.807) is 0 Å². The average Bonchev–Trinajstić information content (AvgIpc) is 2.63. The lowest BCUT2D eigenvalue weighted by Crippen LogP contribution is -2.19. The first-order valence-electron chi connectivity index (χ1n) is 4.51. The number of hydrazone groups is 1. The van der Waals surface area contributed by atoms with Gasteiger partial charge in [-0.05, 0) is 24.3 Å². The van der Waals surface area contributed by atoms with E-state index in [4.69, 9.17) is 0 Å². The second-order valence-corrected chi connectivity index (χ2v) is 3.25. The first-order valence-corrected chi connectivity index (χ1v) is 4.51. The van der Waals surface area contributed by atoms with Crippen molar-refractivity contribution in [2.45, 2.75) is 12.6 Å². The fraction of sp³-hybridized carbons (Fsp3) is 0.200. The Balaban J connectivity index is 2.26. The number of alkyl halides is 3. The molecule has 0 radical (unpaired) electrons. The van der Waals surface area contributed by atoms with Crippen molar-refractivity contribution in [2.24, 2.45) is 5.10 Å². The van der Waals surface area contributed by atoms with Gasteiger partial charge in [-0.1, -0.05) is 0 Å². The third-order valence-electron chi connectivity index (χ3n) is 2.14. The van der Waals surface area contributed by atoms with Gasteiger partial charge in [-0.2, -0.15) is 18.3 Å². The number of hydrogen-bond acceptors (Lipinski definition) is 2. The summed E-state index contributed by atoms with van der Waals surface area (Å²) in [5, 5.41) is 4.84. The number of amides is 1. The molecule has 6 heteroatoms. The van der Waals surface area contributed by atoms with Crippen LogP contribution in [0.1, 0.15) is 12.0 Å². The number of rotatable bonds is 1. The maximum absolute atomic E-state index is 12.3. The minimum absolute atomic E-state index is 0.182. The Morgan fingerprint density at radius 3 is 2.25 bits per heavy atom. The summed E-state index contributed by atoms with van der Waals surface area (Å²) in [5.74, 6) is -0.250. The first-order chi connectivity index (χ1) is 7.48. The van der Waals surface area contributed by atoms with E-state index in [9.17, 15) is 18.0 Å². The summed E-state index contributed by atoms with van der Waals surface area (Å²) in [6.07, 6.45) is -2.77. The van der Waals surface area contributed by atoms with Crippen molar-refractivity contribution in [3.8, 4) is 0 Å². The van der Waals surface area contributed by atoms with Crippen molar-refractivity contribution in [2.75, 3.05) is 5.01 Å². The number of benzene rings is 1. The molecule has 0 saturated heterocycles. The van der Waals surface area contributed by atoms with Gasteiger partial charge in [-0.15, -0.1) is 0 Å². The zero-order valence-corrected chi connectivity index (χ0v) is 8.03. The van der Waals surface area contributed by atoms with Crippen molar-refractivity contribution < 1.29 is 18.0 Å². The molecule has 1 aliphatic rings. The Morgan fingerprint density at radius 1 is 1.19 bits per heavy atom. The highest BCUT2D eigenvalue weighted by Crippen LogP contribution is 2.30. The molecule has 1 aromatic rings. The van der Waals surface area contributed by atoms with Gasteiger partial charge in [0.15, 0.2) is 0 Å². The second kappa shape index (κ2) is 3.62. The standard InChI is InChI=1S/C10H7F3N2O/c11-10(12,13)7-1-3-8(4-2-7)15-9(16)5-6-14-15/h1-4,6H,5H2. The molecule has 0 atom stereocenters. The first kappa shape index (κ1) is 10.7. The minimum atomic E-state index is -4.36. The van der Waals surface area contributed by atoms with Crippen LogP contribution < -0.4 is 5.01 Å². The molecule has 0 fully saturated rings. The molecule has 1 aliphatic heterocycles. The highest BCUT2D eigenvalue weighted by atomic mass is 19.4. The van der Waals surface area contributed by atoms with E-state index in [0.717, 1.165) is 17.1 Å². The average molecular weight is 228 g/mol. The summed E-state index contributed by atoms with van der Waals surface area (Å²) in [6, 6.07) is 4.31. The summed E-state index contributed by atoms with van der Waals surface area (Å²) in [4.78, 5) is 11.2. The molecule has 1 aromatic carbocycles. The fourth-order valence-corrected chi connectivity index (χ4v) is 1.35. The van der Waals surface area contributed by atoms with Gasteiger partial charge in [0.25, 0.3) is 5.91 Å². The number of carbonyl (C=O) groups excluding carboxylic acids is 1. The van der Waals surface area contributed by atoms with Gasteiger partial charge in [-0.25, -0.2) is 5.01 Å². The highest BCUT2D eigenvalue weighted by molar-refractivity contribution is 6.05. The van der Waals surface area contributed by atoms with Crippen LogP contribution in [0.2, 0.25) is 0 Å². The molecular weight excluding hydrogens is 221 g/mol. The van der Waals surface area contributed by atoms with Crippen LogP contribution in [0.3, 0.4) is 0 Å². The summed E-state index contributed by atoms with van der Waals surface area (Å²) < 4.78 is 36.8. The van der Waals surface area contributed by atoms with Crippen LogP contribution in [0.4, 0.5) is 18.9 Å². The molecule has 16 heavy (non-hydrogen) atoms. The SMILES string of the molecule is O=C1CC=NN1c1ccc(C(F)(F)F)cc1. The van der Waals surface area contributed by atoms with Gasteiger partial charge in [0.2, 0.25) is 0 Å². The highest BCUT2D eigenvalue weighted by Gasteiger charge is 2.30. The third kappa shape index (κ3) is 1.91. The Morgan fingerprint density at radius 2 is 1.81 bits per heavy atom. The number of hydrogen-bond donors (Lipinski definition) is 0. The number of anilines is 1. The largest absolute Gasteiger partial charge is 0.416 e. The topological polar surface area (TPSA) is 32.7 Å². The molecule has 0 aromatic heterocycles. The van der Waals surface area contributed by atoms with Crippen molar-refractivity contribution >= 4 is 17.8 Å². The summed E-state index contributed by atoms with van der Waals surface area (Å²) >= 11 is 0. The summed E-state index contributed by atoms with van der Waals surface area (Å²) in [7, 11) is 0. The Bertz CT molecular complexity index is 436. The molecule has 0 saturated carbocycles. The van der Waals surface area contributed by atoms with Crippen LogP contribution in [0, 0.1) is 0 Å². The minimum Gasteiger partial charge on any atom is -0.272 e. The lowest BCUT2D eigenvalue weighted by molar-refractivity contribution is -0.137. The molecule has 0 unspecified atom stereocenters. The van der Waals surface area contributed by atoms with E-state index in [-0.39, 0.29) is 12.3 Å². The van der Waals surface area contributed by atoms with Crippen LogP contribution in [-0.4, -0.2) is 12.1 Å². The van der Waals surface area contributed by atoms with Crippen LogP contribution in [0.25, 0.3) is 0 Å². The Labute approximate surface area is 89.2 Å². The fourth-order valence-electron chi connectivity index (χ4n) is 1.35. The molecule has 2 rings (SSSR count). The van der Waals surface area contributed by atoms with Crippen LogP contribution in [0.5, 0.6) is 0 Å². The van der Waals surface area contributed by atoms with E-state index >= 15 is 0 Å². The lowest BCUT2D eigenvalue weighted by atomic mass is 10.2. The zero-order valence-electron chi connectivity index (χ0n) is 8.03. The van der Waals surface area contributed by atoms with Gasteiger partial charge in [-0.3, -0.25) is 4.79 Å². The molecule has 0 N–H and O–H groups in total. The monoisotopic (exact) mass is 228 g/mol. The van der Waals surface area contributed by atoms with Crippen molar-refractivity contribution in [3.05, 3.63) is 29.8 Å². The molecular formula is C10H7F3N2O. The van der Waals surface area contributed by atoms with Gasteiger partial charge in [0.05, 0.1) is 17.7 Å². The molecule has 1 heterocycles. The molecule has 84 valence electrons. The van der Waals surface area contributed by atoms with E-state index in [2.05, 4.69) is 5.10 Å². The van der Waals surface area contributed by atoms with E-state index in [1.807, 2.05) is 0 Å². The maximum Gasteiger partial charge on any atom is 0.416 e. The Kier molecular flexibility index (Phi) is 2.41. The quantitative estimate of drug-likeness (QED) is 0.726. The molecule has 0 bridgehead atoms. The van der Waals surface area contributed by atoms with E-state index in [1.165, 1.54) is 18.3 Å². The lowest BCUT2D eigenvalue weighted by Gasteiger charge is -2.13. The molecule has 0 aliphatic carbocycles. The molecule has 3 nitrogen and oxygen atoms in total. The molecule has 0 spiro atoms. The van der Waals surface area contributed by atoms with Crippen molar-refractivity contribution in [3.63, 3.8) is 0 Å². The summed E-state index contributed by atoms with van der Waals surface area (Å²) in [6.45, 7) is 0. The van der Waals surface area contributed by atoms with Crippen LogP contribution >= 0.6 is 0 Å². The summed E-state index contributed by atoms with van der Waals surface area (Å²) in [5.41, 5.74) is -0.404. The van der Waals surface area contributed by atoms with Gasteiger partial charge in [0, 0.05) is 6.21 Å². The smallest absolute Gasteiger partial charge is 0.272 e. The van der Waals surface area contributed by atoms with Gasteiger partial charge in [0.1, 0.15) is 0 Å². The zero-order chi connectivity index (χ0) is 11.8. The van der Waals surface area contributed by atoms with Crippen molar-refractivity contribution in [1.29, 1.82) is 0 Å². The normalized spacial score (nSPS) is 15.9. The maximum atomic E-state index is 12.3. The number of carbonyl (C=O) groups is 1. The predicted octanol–water partition coefficient (Wildman–Crippen LogP) is 2.43. The van der Waals surface area contributed by atoms with E-state index in [0.29, 0.717) is 5.69 Å². The molecule has 1 amide bonds. The Hall–Kier alpha value is -1.85. The second-order valence-electron chi connectivity index (χ2n) is 3.25. The van der Waals surface area contributed by atoms with Crippen LogP contribution in [-0.2, 0) is 11.0 Å². The number of halogens is 3. The predicted molar refractivity (Wildman–Crippen MR) is 52.0 cm³/mol. The van der Waals surface area contributed by atoms with Crippen molar-refractivity contribution in [1.82, 2.24) is 0 Å². The number of nitrogens with zero attached hydrogens (tertiary/aromatic N) is 2. The van der Waals surface area contributed by atoms with E-state index < -0.39 is 11.7 Å².